The third-order valence-corrected chi connectivity index (χ3v) is 4.40. The van der Waals surface area contributed by atoms with Gasteiger partial charge in [-0.15, -0.1) is 0 Å². The molecule has 0 aliphatic carbocycles. The minimum atomic E-state index is -0.482. The highest BCUT2D eigenvalue weighted by Gasteiger charge is 2.10. The molecule has 1 aromatic heterocycles. The normalized spacial score (nSPS) is 10.8. The second kappa shape index (κ2) is 8.15. The van der Waals surface area contributed by atoms with Crippen LogP contribution in [-0.4, -0.2) is 17.7 Å². The molecule has 0 aliphatic rings. The third kappa shape index (κ3) is 4.32. The second-order valence-electron chi connectivity index (χ2n) is 6.15. The Morgan fingerprint density at radius 1 is 0.964 bits per heavy atom. The molecule has 0 radical (unpaired) electrons. The number of nitrogens with zero attached hydrogens (tertiary/aromatic N) is 1. The van der Waals surface area contributed by atoms with E-state index in [4.69, 9.17) is 25.6 Å². The maximum Gasteiger partial charge on any atom is 0.344 e. The predicted octanol–water partition coefficient (Wildman–Crippen LogP) is 5.27. The maximum atomic E-state index is 11.9. The van der Waals surface area contributed by atoms with E-state index in [2.05, 4.69) is 5.16 Å². The number of hydrogen-bond donors (Lipinski definition) is 0. The van der Waals surface area contributed by atoms with Crippen molar-refractivity contribution in [1.82, 2.24) is 5.16 Å². The van der Waals surface area contributed by atoms with E-state index >= 15 is 0 Å². The highest BCUT2D eigenvalue weighted by atomic mass is 35.5. The number of ether oxygens (including phenoxy) is 2. The van der Waals surface area contributed by atoms with Crippen molar-refractivity contribution >= 4 is 28.3 Å². The van der Waals surface area contributed by atoms with E-state index in [9.17, 15) is 4.79 Å². The van der Waals surface area contributed by atoms with Gasteiger partial charge in [0.1, 0.15) is 18.1 Å². The number of esters is 1. The molecule has 4 rings (SSSR count). The fraction of sp³-hybridized carbons (Fsp3) is 0.0909. The van der Waals surface area contributed by atoms with Gasteiger partial charge in [-0.25, -0.2) is 4.79 Å². The van der Waals surface area contributed by atoms with Crippen molar-refractivity contribution in [2.75, 3.05) is 6.61 Å². The summed E-state index contributed by atoms with van der Waals surface area (Å²) in [4.78, 5) is 11.9. The van der Waals surface area contributed by atoms with Gasteiger partial charge in [0.05, 0.1) is 0 Å². The molecule has 140 valence electrons. The van der Waals surface area contributed by atoms with E-state index in [1.54, 1.807) is 18.2 Å². The Bertz CT molecular complexity index is 1100. The quantitative estimate of drug-likeness (QED) is 0.417. The molecule has 0 amide bonds. The summed E-state index contributed by atoms with van der Waals surface area (Å²) in [5.41, 5.74) is 1.36. The molecule has 1 heterocycles. The van der Waals surface area contributed by atoms with Crippen LogP contribution in [0.4, 0.5) is 0 Å². The van der Waals surface area contributed by atoms with Crippen LogP contribution >= 0.6 is 11.6 Å². The monoisotopic (exact) mass is 393 g/mol. The van der Waals surface area contributed by atoms with Gasteiger partial charge in [0, 0.05) is 16.7 Å². The highest BCUT2D eigenvalue weighted by molar-refractivity contribution is 6.30. The van der Waals surface area contributed by atoms with Crippen LogP contribution in [0.3, 0.4) is 0 Å². The first-order chi connectivity index (χ1) is 13.7. The van der Waals surface area contributed by atoms with Crippen LogP contribution in [-0.2, 0) is 16.1 Å². The Hall–Kier alpha value is -3.31. The average molecular weight is 394 g/mol. The van der Waals surface area contributed by atoms with Crippen LogP contribution in [0, 0.1) is 0 Å². The SMILES string of the molecule is O=C(COc1ccc2ccccc2c1)OCc1cc(-c2ccc(Cl)cc2)on1. The largest absolute Gasteiger partial charge is 0.482 e. The lowest BCUT2D eigenvalue weighted by Crippen LogP contribution is -2.14. The molecule has 0 atom stereocenters. The number of hydrogen-bond acceptors (Lipinski definition) is 5. The molecule has 3 aromatic carbocycles. The van der Waals surface area contributed by atoms with E-state index in [0.29, 0.717) is 22.2 Å². The lowest BCUT2D eigenvalue weighted by molar-refractivity contribution is -0.147. The molecule has 0 N–H and O–H groups in total. The van der Waals surface area contributed by atoms with E-state index in [1.807, 2.05) is 54.6 Å². The summed E-state index contributed by atoms with van der Waals surface area (Å²) in [5, 5.41) is 6.71. The molecule has 4 aromatic rings. The second-order valence-corrected chi connectivity index (χ2v) is 6.58. The smallest absolute Gasteiger partial charge is 0.344 e. The summed E-state index contributed by atoms with van der Waals surface area (Å²) in [6.07, 6.45) is 0. The average Bonchev–Trinajstić information content (AvgIpc) is 3.20. The first-order valence-corrected chi connectivity index (χ1v) is 9.04. The number of carbonyl (C=O) groups excluding carboxylic acids is 1. The molecule has 0 fully saturated rings. The van der Waals surface area contributed by atoms with Crippen molar-refractivity contribution in [3.8, 4) is 17.1 Å². The standard InChI is InChI=1S/C22H16ClNO4/c23-18-8-5-16(6-9-18)21-12-19(24-28-21)13-27-22(25)14-26-20-10-7-15-3-1-2-4-17(15)11-20/h1-12H,13-14H2. The number of halogens is 1. The molecular weight excluding hydrogens is 378 g/mol. The Labute approximate surface area is 166 Å². The van der Waals surface area contributed by atoms with E-state index in [1.165, 1.54) is 0 Å². The van der Waals surface area contributed by atoms with E-state index in [0.717, 1.165) is 16.3 Å². The number of benzene rings is 3. The number of fused-ring (bicyclic) bond motifs is 1. The summed E-state index contributed by atoms with van der Waals surface area (Å²) in [5.74, 6) is 0.710. The lowest BCUT2D eigenvalue weighted by atomic mass is 10.1. The topological polar surface area (TPSA) is 61.6 Å². The van der Waals surface area contributed by atoms with Crippen LogP contribution in [0.2, 0.25) is 5.02 Å². The zero-order valence-electron chi connectivity index (χ0n) is 14.8. The van der Waals surface area contributed by atoms with E-state index < -0.39 is 5.97 Å². The van der Waals surface area contributed by atoms with Gasteiger partial charge in [-0.2, -0.15) is 0 Å². The molecule has 0 aliphatic heterocycles. The summed E-state index contributed by atoms with van der Waals surface area (Å²) < 4.78 is 16.0. The molecule has 0 bridgehead atoms. The number of rotatable bonds is 6. The molecule has 6 heteroatoms. The van der Waals surface area contributed by atoms with Crippen molar-refractivity contribution < 1.29 is 18.8 Å². The first-order valence-electron chi connectivity index (χ1n) is 8.66. The van der Waals surface area contributed by atoms with Gasteiger partial charge >= 0.3 is 5.97 Å². The lowest BCUT2D eigenvalue weighted by Gasteiger charge is -2.07. The van der Waals surface area contributed by atoms with Crippen LogP contribution in [0.1, 0.15) is 5.69 Å². The Balaban J connectivity index is 1.30. The maximum absolute atomic E-state index is 11.9. The van der Waals surface area contributed by atoms with Crippen molar-refractivity contribution in [3.63, 3.8) is 0 Å². The van der Waals surface area contributed by atoms with Gasteiger partial charge in [0.2, 0.25) is 0 Å². The highest BCUT2D eigenvalue weighted by Crippen LogP contribution is 2.23. The number of carbonyl (C=O) groups is 1. The predicted molar refractivity (Wildman–Crippen MR) is 106 cm³/mol. The molecule has 0 unspecified atom stereocenters. The van der Waals surface area contributed by atoms with Crippen molar-refractivity contribution in [3.05, 3.63) is 83.5 Å². The van der Waals surface area contributed by atoms with Gasteiger partial charge < -0.3 is 14.0 Å². The van der Waals surface area contributed by atoms with Crippen molar-refractivity contribution in [2.24, 2.45) is 0 Å². The molecule has 5 nitrogen and oxygen atoms in total. The summed E-state index contributed by atoms with van der Waals surface area (Å²) in [7, 11) is 0. The minimum absolute atomic E-state index is 0.0109. The minimum Gasteiger partial charge on any atom is -0.482 e. The zero-order valence-corrected chi connectivity index (χ0v) is 15.6. The van der Waals surface area contributed by atoms with Crippen LogP contribution in [0.15, 0.2) is 77.3 Å². The molecule has 0 spiro atoms. The van der Waals surface area contributed by atoms with Gasteiger partial charge in [0.25, 0.3) is 0 Å². The fourth-order valence-electron chi connectivity index (χ4n) is 2.73. The van der Waals surface area contributed by atoms with E-state index in [-0.39, 0.29) is 13.2 Å². The first kappa shape index (κ1) is 18.1. The Morgan fingerprint density at radius 3 is 2.57 bits per heavy atom. The molecule has 28 heavy (non-hydrogen) atoms. The zero-order chi connectivity index (χ0) is 19.3. The van der Waals surface area contributed by atoms with Crippen LogP contribution in [0.5, 0.6) is 5.75 Å². The summed E-state index contributed by atoms with van der Waals surface area (Å²) in [6.45, 7) is -0.169. The fourth-order valence-corrected chi connectivity index (χ4v) is 2.85. The van der Waals surface area contributed by atoms with Gasteiger partial charge in [-0.3, -0.25) is 0 Å². The molecular formula is C22H16ClNO4. The molecule has 0 saturated heterocycles. The van der Waals surface area contributed by atoms with Crippen LogP contribution in [0.25, 0.3) is 22.1 Å². The summed E-state index contributed by atoms with van der Waals surface area (Å²) in [6, 6.07) is 22.5. The molecule has 0 saturated carbocycles. The Morgan fingerprint density at radius 2 is 1.75 bits per heavy atom. The van der Waals surface area contributed by atoms with Crippen molar-refractivity contribution in [1.29, 1.82) is 0 Å². The van der Waals surface area contributed by atoms with Gasteiger partial charge in [-0.1, -0.05) is 47.1 Å². The van der Waals surface area contributed by atoms with Gasteiger partial charge in [0.15, 0.2) is 12.4 Å². The number of aromatic nitrogens is 1. The van der Waals surface area contributed by atoms with Gasteiger partial charge in [-0.05, 0) is 47.2 Å². The van der Waals surface area contributed by atoms with Crippen molar-refractivity contribution in [2.45, 2.75) is 6.61 Å². The Kier molecular flexibility index (Phi) is 5.26. The summed E-state index contributed by atoms with van der Waals surface area (Å²) >= 11 is 5.88. The van der Waals surface area contributed by atoms with Crippen LogP contribution < -0.4 is 4.74 Å². The third-order valence-electron chi connectivity index (χ3n) is 4.15.